The van der Waals surface area contributed by atoms with E-state index >= 15 is 0 Å². The van der Waals surface area contributed by atoms with E-state index in [0.717, 1.165) is 10.7 Å². The predicted octanol–water partition coefficient (Wildman–Crippen LogP) is 1.96. The van der Waals surface area contributed by atoms with Crippen LogP contribution in [0, 0.1) is 10.8 Å². The number of carbonyl (C=O) groups excluding carboxylic acids is 1. The van der Waals surface area contributed by atoms with Crippen molar-refractivity contribution in [2.24, 2.45) is 23.6 Å². The number of aliphatic hydroxyl groups excluding tert-OH is 1. The Kier molecular flexibility index (Phi) is 4.23. The molecule has 6 nitrogen and oxygen atoms in total. The summed E-state index contributed by atoms with van der Waals surface area (Å²) in [5.74, 6) is -0.0939. The van der Waals surface area contributed by atoms with Crippen LogP contribution in [0.4, 0.5) is 13.2 Å². The second kappa shape index (κ2) is 5.82. The predicted molar refractivity (Wildman–Crippen MR) is 87.5 cm³/mol. The third-order valence-electron chi connectivity index (χ3n) is 5.36. The molecular formula is C17H23F3N4O2. The minimum atomic E-state index is -4.56. The van der Waals surface area contributed by atoms with Gasteiger partial charge in [0.05, 0.1) is 11.4 Å². The van der Waals surface area contributed by atoms with Crippen LogP contribution in [0.5, 0.6) is 0 Å². The van der Waals surface area contributed by atoms with E-state index in [-0.39, 0.29) is 22.6 Å². The minimum Gasteiger partial charge on any atom is -0.396 e. The number of likely N-dealkylation sites (tertiary alicyclic amines) is 1. The zero-order valence-electron chi connectivity index (χ0n) is 15.0. The van der Waals surface area contributed by atoms with Crippen molar-refractivity contribution in [1.82, 2.24) is 14.7 Å². The van der Waals surface area contributed by atoms with Crippen LogP contribution in [0.15, 0.2) is 17.8 Å². The van der Waals surface area contributed by atoms with E-state index in [0.29, 0.717) is 25.9 Å². The van der Waals surface area contributed by atoms with Gasteiger partial charge in [0, 0.05) is 31.0 Å². The molecule has 1 aromatic rings. The zero-order valence-corrected chi connectivity index (χ0v) is 15.0. The summed E-state index contributed by atoms with van der Waals surface area (Å²) in [4.78, 5) is 13.9. The normalized spacial score (nSPS) is 27.8. The molecule has 0 saturated carbocycles. The van der Waals surface area contributed by atoms with Crippen LogP contribution in [0.1, 0.15) is 44.3 Å². The van der Waals surface area contributed by atoms with Gasteiger partial charge in [-0.2, -0.15) is 18.3 Å². The fourth-order valence-corrected chi connectivity index (χ4v) is 4.25. The summed E-state index contributed by atoms with van der Waals surface area (Å²) in [6, 6.07) is 0.869. The van der Waals surface area contributed by atoms with Crippen LogP contribution in [0.2, 0.25) is 0 Å². The first-order chi connectivity index (χ1) is 11.8. The number of hydrogen-bond donors (Lipinski definition) is 2. The Morgan fingerprint density at radius 2 is 2.04 bits per heavy atom. The Morgan fingerprint density at radius 3 is 2.58 bits per heavy atom. The molecule has 0 aromatic carbocycles. The Bertz CT molecular complexity index is 769. The van der Waals surface area contributed by atoms with Crippen molar-refractivity contribution in [3.8, 4) is 0 Å². The van der Waals surface area contributed by atoms with Crippen molar-refractivity contribution in [2.75, 3.05) is 13.1 Å². The lowest BCUT2D eigenvalue weighted by Crippen LogP contribution is -2.42. The van der Waals surface area contributed by atoms with Gasteiger partial charge in [0.1, 0.15) is 6.23 Å². The summed E-state index contributed by atoms with van der Waals surface area (Å²) in [5, 5.41) is 14.1. The van der Waals surface area contributed by atoms with Gasteiger partial charge >= 0.3 is 6.18 Å². The van der Waals surface area contributed by atoms with E-state index in [4.69, 9.17) is 5.73 Å². The highest BCUT2D eigenvalue weighted by atomic mass is 19.4. The molecule has 2 heterocycles. The van der Waals surface area contributed by atoms with E-state index in [1.165, 1.54) is 7.05 Å². The quantitative estimate of drug-likeness (QED) is 0.829. The highest BCUT2D eigenvalue weighted by Crippen LogP contribution is 2.48. The number of nitrogens with two attached hydrogens (primary N) is 1. The Morgan fingerprint density at radius 1 is 1.38 bits per heavy atom. The number of halogens is 3. The molecule has 2 atom stereocenters. The molecule has 1 fully saturated rings. The number of Topliss-reactive ketones (excluding diaryl/α,β-unsaturated/α-hetero) is 1. The third-order valence-corrected chi connectivity index (χ3v) is 5.36. The summed E-state index contributed by atoms with van der Waals surface area (Å²) in [5.41, 5.74) is 4.21. The summed E-state index contributed by atoms with van der Waals surface area (Å²) < 4.78 is 39.6. The first-order valence-electron chi connectivity index (χ1n) is 8.41. The molecule has 1 saturated heterocycles. The van der Waals surface area contributed by atoms with E-state index in [2.05, 4.69) is 5.10 Å². The monoisotopic (exact) mass is 372 g/mol. The lowest BCUT2D eigenvalue weighted by Gasteiger charge is -2.39. The van der Waals surface area contributed by atoms with Gasteiger partial charge < -0.3 is 10.8 Å². The zero-order chi connectivity index (χ0) is 19.5. The molecule has 0 radical (unpaired) electrons. The maximum absolute atomic E-state index is 12.8. The molecule has 1 spiro atoms. The molecule has 1 aliphatic carbocycles. The van der Waals surface area contributed by atoms with Crippen LogP contribution in [-0.4, -0.2) is 38.7 Å². The molecule has 26 heavy (non-hydrogen) atoms. The van der Waals surface area contributed by atoms with Gasteiger partial charge in [0.15, 0.2) is 11.5 Å². The van der Waals surface area contributed by atoms with Gasteiger partial charge in [-0.1, -0.05) is 19.9 Å². The summed E-state index contributed by atoms with van der Waals surface area (Å²) >= 11 is 0. The van der Waals surface area contributed by atoms with Gasteiger partial charge in [-0.25, -0.2) is 0 Å². The van der Waals surface area contributed by atoms with E-state index in [1.807, 2.05) is 13.8 Å². The number of aromatic nitrogens is 2. The molecule has 3 N–H and O–H groups in total. The highest BCUT2D eigenvalue weighted by molar-refractivity contribution is 5.99. The average molecular weight is 372 g/mol. The fraction of sp³-hybridized carbons (Fsp3) is 0.647. The first-order valence-corrected chi connectivity index (χ1v) is 8.41. The molecule has 1 aliphatic heterocycles. The molecule has 2 aliphatic rings. The van der Waals surface area contributed by atoms with Crippen LogP contribution < -0.4 is 5.73 Å². The van der Waals surface area contributed by atoms with Gasteiger partial charge in [0.2, 0.25) is 0 Å². The maximum atomic E-state index is 12.8. The fourth-order valence-electron chi connectivity index (χ4n) is 4.25. The van der Waals surface area contributed by atoms with E-state index in [1.54, 1.807) is 11.0 Å². The third kappa shape index (κ3) is 3.14. The highest BCUT2D eigenvalue weighted by Gasteiger charge is 2.48. The molecule has 1 unspecified atom stereocenters. The smallest absolute Gasteiger partial charge is 0.396 e. The Balaban J connectivity index is 1.83. The van der Waals surface area contributed by atoms with Crippen LogP contribution in [0.25, 0.3) is 0 Å². The number of alkyl halides is 3. The van der Waals surface area contributed by atoms with Crippen molar-refractivity contribution in [1.29, 1.82) is 0 Å². The summed E-state index contributed by atoms with van der Waals surface area (Å²) in [6.45, 7) is 4.58. The maximum Gasteiger partial charge on any atom is 0.435 e. The van der Waals surface area contributed by atoms with Crippen molar-refractivity contribution in [2.45, 2.75) is 39.1 Å². The molecular weight excluding hydrogens is 349 g/mol. The number of aliphatic hydroxyl groups is 1. The Hall–Kier alpha value is -1.87. The van der Waals surface area contributed by atoms with Crippen LogP contribution in [-0.2, 0) is 18.0 Å². The first kappa shape index (κ1) is 18.9. The number of carbonyl (C=O) groups is 1. The minimum absolute atomic E-state index is 0.0810. The number of ketones is 1. The van der Waals surface area contributed by atoms with Crippen LogP contribution in [0.3, 0.4) is 0 Å². The van der Waals surface area contributed by atoms with Gasteiger partial charge in [-0.05, 0) is 18.9 Å². The van der Waals surface area contributed by atoms with Crippen molar-refractivity contribution in [3.05, 3.63) is 29.2 Å². The van der Waals surface area contributed by atoms with Gasteiger partial charge in [-0.3, -0.25) is 14.4 Å². The average Bonchev–Trinajstić information content (AvgIpc) is 3.08. The van der Waals surface area contributed by atoms with E-state index < -0.39 is 23.5 Å². The molecule has 1 aromatic heterocycles. The molecule has 144 valence electrons. The summed E-state index contributed by atoms with van der Waals surface area (Å²) in [7, 11) is 1.37. The summed E-state index contributed by atoms with van der Waals surface area (Å²) in [6.07, 6.45) is -2.75. The van der Waals surface area contributed by atoms with Crippen molar-refractivity contribution in [3.63, 3.8) is 0 Å². The largest absolute Gasteiger partial charge is 0.435 e. The molecule has 9 heteroatoms. The second-order valence-corrected chi connectivity index (χ2v) is 8.02. The number of rotatable bonds is 2. The molecule has 0 amide bonds. The Labute approximate surface area is 149 Å². The topological polar surface area (TPSA) is 84.4 Å². The van der Waals surface area contributed by atoms with Crippen molar-refractivity contribution >= 4 is 5.78 Å². The molecule has 3 rings (SSSR count). The number of allylic oxidation sites excluding steroid dienone is 1. The lowest BCUT2D eigenvalue weighted by atomic mass is 9.65. The van der Waals surface area contributed by atoms with Crippen LogP contribution >= 0.6 is 0 Å². The van der Waals surface area contributed by atoms with Crippen molar-refractivity contribution < 1.29 is 23.1 Å². The number of hydrogen-bond acceptors (Lipinski definition) is 5. The standard InChI is InChI=1S/C17H23F3N4O2/c1-15(2)8-16(7-10(21)13(15)25)4-5-24(9-16)14(26)11-6-12(17(18,19)20)22-23(11)3/h6-7,14,26H,4-5,8-9,21H2,1-3H3/t14?,16-/m0/s1. The van der Waals surface area contributed by atoms with E-state index in [9.17, 15) is 23.1 Å². The lowest BCUT2D eigenvalue weighted by molar-refractivity contribution is -0.141. The van der Waals surface area contributed by atoms with Gasteiger partial charge in [0.25, 0.3) is 0 Å². The number of aryl methyl sites for hydroxylation is 1. The molecule has 0 bridgehead atoms. The number of nitrogens with zero attached hydrogens (tertiary/aromatic N) is 3. The van der Waals surface area contributed by atoms with Gasteiger partial charge in [-0.15, -0.1) is 0 Å². The SMILES string of the molecule is Cn1nc(C(F)(F)F)cc1C(O)N1CC[C@@]2(C=C(N)C(=O)C(C)(C)C2)C1. The second-order valence-electron chi connectivity index (χ2n) is 8.02.